The van der Waals surface area contributed by atoms with Gasteiger partial charge in [0.2, 0.25) is 0 Å². The van der Waals surface area contributed by atoms with E-state index in [1.165, 1.54) is 12.1 Å². The number of hydrogen-bond acceptors (Lipinski definition) is 2. The van der Waals surface area contributed by atoms with Crippen LogP contribution in [0.4, 0.5) is 0 Å². The molecule has 0 fully saturated rings. The number of carbonyl (C=O) groups is 1. The molecule has 2 aromatic carbocycles. The number of aryl methyl sites for hydroxylation is 1. The first kappa shape index (κ1) is 16.3. The van der Waals surface area contributed by atoms with Crippen molar-refractivity contribution in [1.29, 1.82) is 5.26 Å². The average molecular weight is 328 g/mol. The van der Waals surface area contributed by atoms with Crippen molar-refractivity contribution < 1.29 is 9.90 Å². The third kappa shape index (κ3) is 3.51. The van der Waals surface area contributed by atoms with Gasteiger partial charge in [-0.3, -0.25) is 0 Å². The molecular weight excluding hydrogens is 312 g/mol. The minimum atomic E-state index is -0.984. The van der Waals surface area contributed by atoms with Gasteiger partial charge in [-0.25, -0.2) is 4.79 Å². The molecule has 25 heavy (non-hydrogen) atoms. The van der Waals surface area contributed by atoms with Crippen LogP contribution in [0.15, 0.2) is 66.9 Å². The number of allylic oxidation sites excluding steroid dienone is 1. The van der Waals surface area contributed by atoms with Crippen LogP contribution in [-0.2, 0) is 0 Å². The molecule has 0 amide bonds. The standard InChI is InChI=1S/C21H16N2O2/c1-15-4-2-5-19(12-15)23-11-3-6-20(23)13-18(14-22)16-7-9-17(10-8-16)21(24)25/h2-13H,1H3,(H,24,25)/b18-13-. The van der Waals surface area contributed by atoms with Crippen LogP contribution in [0.2, 0.25) is 0 Å². The zero-order chi connectivity index (χ0) is 17.8. The van der Waals surface area contributed by atoms with Crippen molar-refractivity contribution in [3.05, 3.63) is 89.2 Å². The molecule has 0 atom stereocenters. The van der Waals surface area contributed by atoms with Crippen LogP contribution in [0.5, 0.6) is 0 Å². The summed E-state index contributed by atoms with van der Waals surface area (Å²) >= 11 is 0. The lowest BCUT2D eigenvalue weighted by Crippen LogP contribution is -1.97. The highest BCUT2D eigenvalue weighted by atomic mass is 16.4. The number of carboxylic acid groups (broad SMARTS) is 1. The zero-order valence-corrected chi connectivity index (χ0v) is 13.7. The van der Waals surface area contributed by atoms with Crippen molar-refractivity contribution in [2.24, 2.45) is 0 Å². The SMILES string of the molecule is Cc1cccc(-n2cccc2/C=C(/C#N)c2ccc(C(=O)O)cc2)c1. The van der Waals surface area contributed by atoms with Crippen molar-refractivity contribution in [3.8, 4) is 11.8 Å². The summed E-state index contributed by atoms with van der Waals surface area (Å²) in [5.41, 5.74) is 4.42. The van der Waals surface area contributed by atoms with Gasteiger partial charge in [0, 0.05) is 17.6 Å². The Morgan fingerprint density at radius 2 is 1.80 bits per heavy atom. The Morgan fingerprint density at radius 1 is 1.08 bits per heavy atom. The smallest absolute Gasteiger partial charge is 0.335 e. The summed E-state index contributed by atoms with van der Waals surface area (Å²) in [5, 5.41) is 18.5. The Balaban J connectivity index is 2.00. The summed E-state index contributed by atoms with van der Waals surface area (Å²) in [6, 6.07) is 20.5. The molecule has 0 unspecified atom stereocenters. The Hall–Kier alpha value is -3.58. The van der Waals surface area contributed by atoms with Gasteiger partial charge in [-0.1, -0.05) is 24.3 Å². The first-order valence-electron chi connectivity index (χ1n) is 7.78. The van der Waals surface area contributed by atoms with Crippen molar-refractivity contribution in [3.63, 3.8) is 0 Å². The van der Waals surface area contributed by atoms with E-state index in [0.717, 1.165) is 16.9 Å². The second-order valence-electron chi connectivity index (χ2n) is 5.69. The highest BCUT2D eigenvalue weighted by Gasteiger charge is 2.07. The van der Waals surface area contributed by atoms with Crippen LogP contribution in [0, 0.1) is 18.3 Å². The lowest BCUT2D eigenvalue weighted by atomic mass is 10.0. The molecule has 0 bridgehead atoms. The summed E-state index contributed by atoms with van der Waals surface area (Å²) in [4.78, 5) is 11.0. The lowest BCUT2D eigenvalue weighted by molar-refractivity contribution is 0.0697. The Morgan fingerprint density at radius 3 is 2.44 bits per heavy atom. The number of nitrogens with zero attached hydrogens (tertiary/aromatic N) is 2. The first-order chi connectivity index (χ1) is 12.1. The number of nitriles is 1. The van der Waals surface area contributed by atoms with E-state index in [4.69, 9.17) is 5.11 Å². The first-order valence-corrected chi connectivity index (χ1v) is 7.78. The molecule has 0 radical (unpaired) electrons. The molecule has 0 aliphatic carbocycles. The van der Waals surface area contributed by atoms with Gasteiger partial charge in [0.05, 0.1) is 17.2 Å². The minimum Gasteiger partial charge on any atom is -0.478 e. The molecule has 0 aliphatic heterocycles. The molecular formula is C21H16N2O2. The highest BCUT2D eigenvalue weighted by Crippen LogP contribution is 2.21. The van der Waals surface area contributed by atoms with Crippen molar-refractivity contribution in [2.75, 3.05) is 0 Å². The molecule has 0 saturated carbocycles. The van der Waals surface area contributed by atoms with E-state index in [-0.39, 0.29) is 5.56 Å². The van der Waals surface area contributed by atoms with Gasteiger partial charge in [-0.2, -0.15) is 5.26 Å². The minimum absolute atomic E-state index is 0.198. The Kier molecular flexibility index (Phi) is 4.49. The predicted molar refractivity (Wildman–Crippen MR) is 97.4 cm³/mol. The zero-order valence-electron chi connectivity index (χ0n) is 13.7. The van der Waals surface area contributed by atoms with Gasteiger partial charge < -0.3 is 9.67 Å². The van der Waals surface area contributed by atoms with E-state index < -0.39 is 5.97 Å². The average Bonchev–Trinajstić information content (AvgIpc) is 3.08. The fraction of sp³-hybridized carbons (Fsp3) is 0.0476. The van der Waals surface area contributed by atoms with Crippen LogP contribution in [0.25, 0.3) is 17.3 Å². The molecule has 122 valence electrons. The second-order valence-corrected chi connectivity index (χ2v) is 5.69. The van der Waals surface area contributed by atoms with Gasteiger partial charge in [-0.05, 0) is 60.5 Å². The summed E-state index contributed by atoms with van der Waals surface area (Å²) in [7, 11) is 0. The summed E-state index contributed by atoms with van der Waals surface area (Å²) in [6.45, 7) is 2.03. The van der Waals surface area contributed by atoms with Crippen LogP contribution in [0.1, 0.15) is 27.2 Å². The van der Waals surface area contributed by atoms with Crippen LogP contribution >= 0.6 is 0 Å². The number of hydrogen-bond donors (Lipinski definition) is 1. The predicted octanol–water partition coefficient (Wildman–Crippen LogP) is 4.55. The fourth-order valence-corrected chi connectivity index (χ4v) is 2.65. The molecule has 3 rings (SSSR count). The molecule has 0 spiro atoms. The van der Waals surface area contributed by atoms with Crippen LogP contribution in [0.3, 0.4) is 0 Å². The fourth-order valence-electron chi connectivity index (χ4n) is 2.65. The second kappa shape index (κ2) is 6.90. The molecule has 1 aromatic heterocycles. The van der Waals surface area contributed by atoms with Gasteiger partial charge in [0.1, 0.15) is 0 Å². The monoisotopic (exact) mass is 328 g/mol. The van der Waals surface area contributed by atoms with Crippen LogP contribution < -0.4 is 0 Å². The lowest BCUT2D eigenvalue weighted by Gasteiger charge is -2.08. The molecule has 4 nitrogen and oxygen atoms in total. The number of carboxylic acids is 1. The number of aromatic nitrogens is 1. The molecule has 1 N–H and O–H groups in total. The van der Waals surface area contributed by atoms with Gasteiger partial charge in [0.25, 0.3) is 0 Å². The normalized spacial score (nSPS) is 11.1. The van der Waals surface area contributed by atoms with E-state index in [0.29, 0.717) is 11.1 Å². The molecule has 0 aliphatic rings. The van der Waals surface area contributed by atoms with E-state index in [1.54, 1.807) is 18.2 Å². The Bertz CT molecular complexity index is 989. The summed E-state index contributed by atoms with van der Waals surface area (Å²) in [5.74, 6) is -0.984. The van der Waals surface area contributed by atoms with E-state index in [1.807, 2.05) is 48.0 Å². The summed E-state index contributed by atoms with van der Waals surface area (Å²) < 4.78 is 2.01. The largest absolute Gasteiger partial charge is 0.478 e. The third-order valence-corrected chi connectivity index (χ3v) is 3.92. The summed E-state index contributed by atoms with van der Waals surface area (Å²) in [6.07, 6.45) is 3.75. The number of rotatable bonds is 4. The molecule has 0 saturated heterocycles. The quantitative estimate of drug-likeness (QED) is 0.715. The van der Waals surface area contributed by atoms with Gasteiger partial charge in [0.15, 0.2) is 0 Å². The van der Waals surface area contributed by atoms with Crippen molar-refractivity contribution >= 4 is 17.6 Å². The van der Waals surface area contributed by atoms with Gasteiger partial charge in [-0.15, -0.1) is 0 Å². The molecule has 3 aromatic rings. The third-order valence-electron chi connectivity index (χ3n) is 3.92. The maximum atomic E-state index is 11.0. The van der Waals surface area contributed by atoms with Crippen molar-refractivity contribution in [1.82, 2.24) is 4.57 Å². The van der Waals surface area contributed by atoms with Gasteiger partial charge >= 0.3 is 5.97 Å². The van der Waals surface area contributed by atoms with E-state index in [2.05, 4.69) is 12.1 Å². The maximum Gasteiger partial charge on any atom is 0.335 e. The number of aromatic carboxylic acids is 1. The molecule has 1 heterocycles. The highest BCUT2D eigenvalue weighted by molar-refractivity contribution is 5.92. The van der Waals surface area contributed by atoms with E-state index >= 15 is 0 Å². The van der Waals surface area contributed by atoms with E-state index in [9.17, 15) is 10.1 Å². The van der Waals surface area contributed by atoms with Crippen LogP contribution in [-0.4, -0.2) is 15.6 Å². The number of benzene rings is 2. The Labute approximate surface area is 145 Å². The topological polar surface area (TPSA) is 66.0 Å². The maximum absolute atomic E-state index is 11.0. The van der Waals surface area contributed by atoms with Crippen molar-refractivity contribution in [2.45, 2.75) is 6.92 Å². The molecule has 4 heteroatoms.